The molecule has 2 heterocycles. The summed E-state index contributed by atoms with van der Waals surface area (Å²) in [6, 6.07) is 13.7. The van der Waals surface area contributed by atoms with Crippen LogP contribution in [0.1, 0.15) is 0 Å². The van der Waals surface area contributed by atoms with Gasteiger partial charge in [0.05, 0.1) is 10.2 Å². The minimum absolute atomic E-state index is 0. The van der Waals surface area contributed by atoms with E-state index in [9.17, 15) is 4.79 Å². The molecule has 2 aromatic carbocycles. The highest BCUT2D eigenvalue weighted by Gasteiger charge is 2.16. The monoisotopic (exact) mass is 392 g/mol. The second-order valence-electron chi connectivity index (χ2n) is 6.22. The first-order valence-corrected chi connectivity index (χ1v) is 9.04. The Morgan fingerprint density at radius 2 is 1.88 bits per heavy atom. The van der Waals surface area contributed by atoms with Crippen molar-refractivity contribution in [1.82, 2.24) is 9.47 Å². The summed E-state index contributed by atoms with van der Waals surface area (Å²) >= 11 is 7.77. The fourth-order valence-corrected chi connectivity index (χ4v) is 4.63. The number of fused-ring (bicyclic) bond motifs is 4. The summed E-state index contributed by atoms with van der Waals surface area (Å²) in [6.45, 7) is 1.68. The fourth-order valence-electron chi connectivity index (χ4n) is 3.14. The van der Waals surface area contributed by atoms with Gasteiger partial charge in [-0.1, -0.05) is 29.8 Å². The van der Waals surface area contributed by atoms with Crippen LogP contribution in [0.4, 0.5) is 0 Å². The number of benzene rings is 2. The van der Waals surface area contributed by atoms with Crippen LogP contribution in [0.2, 0.25) is 5.02 Å². The maximum atomic E-state index is 13.2. The molecule has 0 saturated carbocycles. The third kappa shape index (κ3) is 3.04. The summed E-state index contributed by atoms with van der Waals surface area (Å²) in [5, 5.41) is 2.54. The lowest BCUT2D eigenvalue weighted by molar-refractivity contribution is 0.389. The van der Waals surface area contributed by atoms with Crippen LogP contribution in [0.25, 0.3) is 31.2 Å². The molecule has 0 bridgehead atoms. The molecule has 3 nitrogen and oxygen atoms in total. The lowest BCUT2D eigenvalue weighted by Crippen LogP contribution is -2.19. The van der Waals surface area contributed by atoms with Gasteiger partial charge < -0.3 is 9.47 Å². The molecule has 0 atom stereocenters. The van der Waals surface area contributed by atoms with E-state index in [-0.39, 0.29) is 17.8 Å². The van der Waals surface area contributed by atoms with E-state index in [1.54, 1.807) is 17.4 Å². The zero-order valence-electron chi connectivity index (χ0n) is 14.0. The molecule has 25 heavy (non-hydrogen) atoms. The van der Waals surface area contributed by atoms with Gasteiger partial charge in [-0.2, -0.15) is 0 Å². The molecular formula is C19H18Cl2N2OS. The van der Waals surface area contributed by atoms with E-state index in [0.29, 0.717) is 5.02 Å². The van der Waals surface area contributed by atoms with E-state index in [4.69, 9.17) is 11.6 Å². The number of hydrogen-bond acceptors (Lipinski definition) is 3. The molecule has 0 fully saturated rings. The normalized spacial score (nSPS) is 11.5. The molecule has 4 rings (SSSR count). The van der Waals surface area contributed by atoms with Crippen molar-refractivity contribution in [3.8, 4) is 0 Å². The largest absolute Gasteiger partial charge is 0.335 e. The zero-order chi connectivity index (χ0) is 16.8. The fraction of sp³-hybridized carbons (Fsp3) is 0.211. The third-order valence-electron chi connectivity index (χ3n) is 4.31. The molecule has 130 valence electrons. The number of likely N-dealkylation sites (N-methyl/N-ethyl adjacent to an activating group) is 1. The van der Waals surface area contributed by atoms with E-state index in [2.05, 4.69) is 21.6 Å². The Balaban J connectivity index is 0.00000182. The summed E-state index contributed by atoms with van der Waals surface area (Å²) in [5.41, 5.74) is 2.01. The quantitative estimate of drug-likeness (QED) is 0.489. The molecule has 2 aromatic heterocycles. The highest BCUT2D eigenvalue weighted by Crippen LogP contribution is 2.34. The first-order valence-electron chi connectivity index (χ1n) is 7.84. The van der Waals surface area contributed by atoms with Crippen LogP contribution < -0.4 is 5.43 Å². The molecular weight excluding hydrogens is 375 g/mol. The maximum Gasteiger partial charge on any atom is 0.212 e. The molecule has 0 aliphatic rings. The van der Waals surface area contributed by atoms with Crippen LogP contribution >= 0.6 is 35.3 Å². The Bertz CT molecular complexity index is 1130. The summed E-state index contributed by atoms with van der Waals surface area (Å²) < 4.78 is 4.15. The molecule has 0 amide bonds. The topological polar surface area (TPSA) is 25.2 Å². The maximum absolute atomic E-state index is 13.2. The first kappa shape index (κ1) is 18.2. The number of hydrogen-bond donors (Lipinski definition) is 0. The van der Waals surface area contributed by atoms with Crippen LogP contribution in [0.3, 0.4) is 0 Å². The van der Waals surface area contributed by atoms with Crippen LogP contribution in [0.5, 0.6) is 0 Å². The van der Waals surface area contributed by atoms with Crippen LogP contribution in [0.15, 0.2) is 47.3 Å². The Morgan fingerprint density at radius 1 is 1.12 bits per heavy atom. The lowest BCUT2D eigenvalue weighted by Gasteiger charge is -2.12. The Kier molecular flexibility index (Phi) is 5.07. The Morgan fingerprint density at radius 3 is 2.64 bits per heavy atom. The molecule has 0 aliphatic heterocycles. The van der Waals surface area contributed by atoms with Crippen molar-refractivity contribution in [1.29, 1.82) is 0 Å². The molecule has 4 aromatic rings. The first-order chi connectivity index (χ1) is 11.6. The van der Waals surface area contributed by atoms with Crippen molar-refractivity contribution in [3.05, 3.63) is 57.7 Å². The van der Waals surface area contributed by atoms with Crippen LogP contribution in [-0.2, 0) is 6.54 Å². The van der Waals surface area contributed by atoms with Gasteiger partial charge in [0.1, 0.15) is 5.52 Å². The SMILES string of the molecule is CN(C)CCn1c2ccccc2c2sc3cc(Cl)ccc3c(=O)c21.Cl. The minimum atomic E-state index is 0. The van der Waals surface area contributed by atoms with E-state index < -0.39 is 0 Å². The van der Waals surface area contributed by atoms with E-state index in [1.165, 1.54) is 0 Å². The van der Waals surface area contributed by atoms with Gasteiger partial charge in [0.25, 0.3) is 0 Å². The van der Waals surface area contributed by atoms with Gasteiger partial charge in [0.15, 0.2) is 0 Å². The van der Waals surface area contributed by atoms with Gasteiger partial charge in [0, 0.05) is 33.6 Å². The Hall–Kier alpha value is -1.59. The molecule has 6 heteroatoms. The average molecular weight is 393 g/mol. The molecule has 0 N–H and O–H groups in total. The summed E-state index contributed by atoms with van der Waals surface area (Å²) in [7, 11) is 4.10. The number of para-hydroxylation sites is 1. The zero-order valence-corrected chi connectivity index (χ0v) is 16.3. The van der Waals surface area contributed by atoms with Crippen molar-refractivity contribution < 1.29 is 0 Å². The smallest absolute Gasteiger partial charge is 0.212 e. The number of aromatic nitrogens is 1. The highest BCUT2D eigenvalue weighted by atomic mass is 35.5. The van der Waals surface area contributed by atoms with Crippen molar-refractivity contribution >= 4 is 66.6 Å². The molecule has 0 saturated heterocycles. The van der Waals surface area contributed by atoms with Gasteiger partial charge in [0.2, 0.25) is 5.43 Å². The number of rotatable bonds is 3. The Labute approximate surface area is 160 Å². The van der Waals surface area contributed by atoms with E-state index in [0.717, 1.165) is 44.3 Å². The lowest BCUT2D eigenvalue weighted by atomic mass is 10.2. The molecule has 0 aliphatic carbocycles. The van der Waals surface area contributed by atoms with Crippen molar-refractivity contribution in [3.63, 3.8) is 0 Å². The van der Waals surface area contributed by atoms with Gasteiger partial charge in [-0.15, -0.1) is 23.7 Å². The predicted molar refractivity (Wildman–Crippen MR) is 112 cm³/mol. The van der Waals surface area contributed by atoms with Crippen LogP contribution in [0, 0.1) is 0 Å². The summed E-state index contributed by atoms with van der Waals surface area (Å²) in [4.78, 5) is 15.3. The summed E-state index contributed by atoms with van der Waals surface area (Å²) in [6.07, 6.45) is 0. The summed E-state index contributed by atoms with van der Waals surface area (Å²) in [5.74, 6) is 0. The second-order valence-corrected chi connectivity index (χ2v) is 7.71. The van der Waals surface area contributed by atoms with Gasteiger partial charge in [-0.25, -0.2) is 0 Å². The number of nitrogens with zero attached hydrogens (tertiary/aromatic N) is 2. The van der Waals surface area contributed by atoms with Gasteiger partial charge in [-0.3, -0.25) is 4.79 Å². The van der Waals surface area contributed by atoms with Crippen molar-refractivity contribution in [2.45, 2.75) is 6.54 Å². The van der Waals surface area contributed by atoms with E-state index >= 15 is 0 Å². The van der Waals surface area contributed by atoms with Crippen molar-refractivity contribution in [2.24, 2.45) is 0 Å². The van der Waals surface area contributed by atoms with Gasteiger partial charge in [-0.05, 0) is 38.4 Å². The minimum Gasteiger partial charge on any atom is -0.335 e. The molecule has 0 radical (unpaired) electrons. The highest BCUT2D eigenvalue weighted by molar-refractivity contribution is 7.25. The average Bonchev–Trinajstić information content (AvgIpc) is 2.87. The molecule has 0 spiro atoms. The third-order valence-corrected chi connectivity index (χ3v) is 5.72. The number of halogens is 2. The van der Waals surface area contributed by atoms with E-state index in [1.807, 2.05) is 38.4 Å². The van der Waals surface area contributed by atoms with Crippen LogP contribution in [-0.4, -0.2) is 30.1 Å². The standard InChI is InChI=1S/C19H17ClN2OS.ClH/c1-21(2)9-10-22-15-6-4-3-5-13(15)19-17(22)18(23)14-8-7-12(20)11-16(14)24-19;/h3-8,11H,9-10H2,1-2H3;1H. The molecule has 0 unspecified atom stereocenters. The predicted octanol–water partition coefficient (Wildman–Crippen LogP) is 5.01. The van der Waals surface area contributed by atoms with Gasteiger partial charge >= 0.3 is 0 Å². The second kappa shape index (κ2) is 6.96. The van der Waals surface area contributed by atoms with Crippen molar-refractivity contribution in [2.75, 3.05) is 20.6 Å².